The van der Waals surface area contributed by atoms with E-state index < -0.39 is 11.6 Å². The van der Waals surface area contributed by atoms with Crippen molar-refractivity contribution in [1.29, 1.82) is 0 Å². The second kappa shape index (κ2) is 5.66. The van der Waals surface area contributed by atoms with Gasteiger partial charge in [-0.3, -0.25) is 4.98 Å². The molecule has 1 aromatic heterocycles. The molecule has 0 amide bonds. The average molecular weight is 281 g/mol. The van der Waals surface area contributed by atoms with Crippen molar-refractivity contribution in [2.75, 3.05) is 0 Å². The molecule has 0 aliphatic carbocycles. The topological polar surface area (TPSA) is 71.5 Å². The number of nitrogens with two attached hydrogens (primary N) is 1. The van der Waals surface area contributed by atoms with E-state index in [2.05, 4.69) is 10.1 Å². The number of nitrogens with zero attached hydrogens (tertiary/aromatic N) is 2. The van der Waals surface area contributed by atoms with Gasteiger partial charge in [0.15, 0.2) is 5.84 Å². The van der Waals surface area contributed by atoms with Crippen LogP contribution in [-0.2, 0) is 0 Å². The summed E-state index contributed by atoms with van der Waals surface area (Å²) in [6.45, 7) is 0. The van der Waals surface area contributed by atoms with Crippen LogP contribution in [0.5, 0.6) is 0 Å². The van der Waals surface area contributed by atoms with E-state index in [0.717, 1.165) is 23.9 Å². The van der Waals surface area contributed by atoms with E-state index in [1.165, 1.54) is 18.5 Å². The Morgan fingerprint density at radius 3 is 2.74 bits per heavy atom. The maximum atomic E-state index is 13.6. The van der Waals surface area contributed by atoms with Gasteiger partial charge in [-0.25, -0.2) is 8.78 Å². The number of oxime groups is 1. The summed E-state index contributed by atoms with van der Waals surface area (Å²) in [6.07, 6.45) is 2.93. The van der Waals surface area contributed by atoms with Gasteiger partial charge in [0.05, 0.1) is 0 Å². The molecule has 98 valence electrons. The lowest BCUT2D eigenvalue weighted by molar-refractivity contribution is 0.318. The van der Waals surface area contributed by atoms with Crippen LogP contribution in [0.15, 0.2) is 51.6 Å². The van der Waals surface area contributed by atoms with Gasteiger partial charge in [0.2, 0.25) is 0 Å². The van der Waals surface area contributed by atoms with Crippen molar-refractivity contribution in [3.8, 4) is 0 Å². The molecule has 0 aliphatic rings. The van der Waals surface area contributed by atoms with Crippen molar-refractivity contribution in [1.82, 2.24) is 4.98 Å². The van der Waals surface area contributed by atoms with Crippen LogP contribution in [0.25, 0.3) is 0 Å². The maximum absolute atomic E-state index is 13.6. The van der Waals surface area contributed by atoms with Crippen LogP contribution in [0.1, 0.15) is 5.56 Å². The van der Waals surface area contributed by atoms with Gasteiger partial charge < -0.3 is 10.9 Å². The first-order chi connectivity index (χ1) is 9.11. The van der Waals surface area contributed by atoms with E-state index in [-0.39, 0.29) is 10.7 Å². The van der Waals surface area contributed by atoms with Crippen molar-refractivity contribution >= 4 is 17.6 Å². The van der Waals surface area contributed by atoms with Crippen LogP contribution < -0.4 is 5.73 Å². The van der Waals surface area contributed by atoms with Gasteiger partial charge in [-0.2, -0.15) is 0 Å². The first-order valence-electron chi connectivity index (χ1n) is 5.16. The second-order valence-electron chi connectivity index (χ2n) is 3.53. The summed E-state index contributed by atoms with van der Waals surface area (Å²) in [6, 6.07) is 4.81. The highest BCUT2D eigenvalue weighted by Crippen LogP contribution is 2.31. The molecular weight excluding hydrogens is 272 g/mol. The molecule has 1 aromatic carbocycles. The summed E-state index contributed by atoms with van der Waals surface area (Å²) in [5.74, 6) is -1.43. The number of benzene rings is 1. The van der Waals surface area contributed by atoms with Crippen molar-refractivity contribution in [3.05, 3.63) is 53.9 Å². The average Bonchev–Trinajstić information content (AvgIpc) is 2.41. The molecule has 2 aromatic rings. The largest absolute Gasteiger partial charge is 0.409 e. The second-order valence-corrected chi connectivity index (χ2v) is 4.62. The Morgan fingerprint density at radius 1 is 1.26 bits per heavy atom. The van der Waals surface area contributed by atoms with Gasteiger partial charge in [0.1, 0.15) is 11.6 Å². The Hall–Kier alpha value is -2.15. The first-order valence-corrected chi connectivity index (χ1v) is 5.98. The van der Waals surface area contributed by atoms with Crippen molar-refractivity contribution in [3.63, 3.8) is 0 Å². The number of rotatable bonds is 3. The Morgan fingerprint density at radius 2 is 2.05 bits per heavy atom. The molecule has 0 fully saturated rings. The lowest BCUT2D eigenvalue weighted by Crippen LogP contribution is -2.14. The maximum Gasteiger partial charge on any atom is 0.171 e. The molecule has 0 bridgehead atoms. The van der Waals surface area contributed by atoms with Crippen LogP contribution in [-0.4, -0.2) is 16.0 Å². The van der Waals surface area contributed by atoms with Gasteiger partial charge in [-0.15, -0.1) is 0 Å². The van der Waals surface area contributed by atoms with E-state index in [4.69, 9.17) is 10.9 Å². The number of hydrogen-bond acceptors (Lipinski definition) is 4. The Labute approximate surface area is 112 Å². The van der Waals surface area contributed by atoms with Gasteiger partial charge in [-0.1, -0.05) is 16.9 Å². The third-order valence-electron chi connectivity index (χ3n) is 2.28. The van der Waals surface area contributed by atoms with Gasteiger partial charge in [0.25, 0.3) is 0 Å². The van der Waals surface area contributed by atoms with Crippen LogP contribution in [0.3, 0.4) is 0 Å². The van der Waals surface area contributed by atoms with E-state index in [1.807, 2.05) is 0 Å². The molecule has 0 atom stereocenters. The number of amidine groups is 1. The SMILES string of the molecule is N/C(=N/O)c1ccncc1Sc1ccc(F)cc1F. The summed E-state index contributed by atoms with van der Waals surface area (Å²) in [5, 5.41) is 11.6. The molecule has 0 spiro atoms. The van der Waals surface area contributed by atoms with Gasteiger partial charge >= 0.3 is 0 Å². The van der Waals surface area contributed by atoms with Gasteiger partial charge in [0, 0.05) is 33.8 Å². The molecule has 0 saturated heterocycles. The monoisotopic (exact) mass is 281 g/mol. The molecule has 2 rings (SSSR count). The predicted molar refractivity (Wildman–Crippen MR) is 67.2 cm³/mol. The van der Waals surface area contributed by atoms with E-state index in [9.17, 15) is 8.78 Å². The highest BCUT2D eigenvalue weighted by Gasteiger charge is 2.11. The molecule has 0 saturated carbocycles. The minimum atomic E-state index is -0.681. The van der Waals surface area contributed by atoms with Crippen LogP contribution in [0.4, 0.5) is 8.78 Å². The number of halogens is 2. The quantitative estimate of drug-likeness (QED) is 0.392. The fourth-order valence-electron chi connectivity index (χ4n) is 1.40. The van der Waals surface area contributed by atoms with Crippen LogP contribution >= 0.6 is 11.8 Å². The zero-order chi connectivity index (χ0) is 13.8. The van der Waals surface area contributed by atoms with Gasteiger partial charge in [-0.05, 0) is 18.2 Å². The van der Waals surface area contributed by atoms with Crippen molar-refractivity contribution < 1.29 is 14.0 Å². The van der Waals surface area contributed by atoms with E-state index in [0.29, 0.717) is 10.5 Å². The van der Waals surface area contributed by atoms with E-state index >= 15 is 0 Å². The standard InChI is InChI=1S/C12H9F2N3OS/c13-7-1-2-10(9(14)5-7)19-11-6-16-4-3-8(11)12(15)17-18/h1-6,18H,(H2,15,17). The normalized spacial score (nSPS) is 11.6. The van der Waals surface area contributed by atoms with Crippen molar-refractivity contribution in [2.45, 2.75) is 9.79 Å². The van der Waals surface area contributed by atoms with Crippen molar-refractivity contribution in [2.24, 2.45) is 10.9 Å². The molecule has 4 nitrogen and oxygen atoms in total. The number of pyridine rings is 1. The fraction of sp³-hybridized carbons (Fsp3) is 0. The molecule has 1 heterocycles. The number of hydrogen-bond donors (Lipinski definition) is 2. The fourth-order valence-corrected chi connectivity index (χ4v) is 2.33. The minimum absolute atomic E-state index is 0.104. The summed E-state index contributed by atoms with van der Waals surface area (Å²) in [7, 11) is 0. The summed E-state index contributed by atoms with van der Waals surface area (Å²) >= 11 is 1.02. The van der Waals surface area contributed by atoms with Crippen LogP contribution in [0.2, 0.25) is 0 Å². The third kappa shape index (κ3) is 3.00. The first kappa shape index (κ1) is 13.3. The molecule has 0 aliphatic heterocycles. The lowest BCUT2D eigenvalue weighted by atomic mass is 10.2. The zero-order valence-corrected chi connectivity index (χ0v) is 10.4. The minimum Gasteiger partial charge on any atom is -0.409 e. The summed E-state index contributed by atoms with van der Waals surface area (Å²) in [5.41, 5.74) is 5.94. The Kier molecular flexibility index (Phi) is 3.96. The number of aromatic nitrogens is 1. The Balaban J connectivity index is 2.38. The highest BCUT2D eigenvalue weighted by atomic mass is 32.2. The summed E-state index contributed by atoms with van der Waals surface area (Å²) < 4.78 is 26.4. The zero-order valence-electron chi connectivity index (χ0n) is 9.55. The molecule has 3 N–H and O–H groups in total. The van der Waals surface area contributed by atoms with Crippen LogP contribution in [0, 0.1) is 11.6 Å². The predicted octanol–water partition coefficient (Wildman–Crippen LogP) is 2.61. The van der Waals surface area contributed by atoms with E-state index in [1.54, 1.807) is 6.07 Å². The molecule has 0 unspecified atom stereocenters. The molecular formula is C12H9F2N3OS. The molecule has 7 heteroatoms. The summed E-state index contributed by atoms with van der Waals surface area (Å²) in [4.78, 5) is 4.62. The lowest BCUT2D eigenvalue weighted by Gasteiger charge is -2.07. The molecule has 0 radical (unpaired) electrons. The highest BCUT2D eigenvalue weighted by molar-refractivity contribution is 7.99. The molecule has 19 heavy (non-hydrogen) atoms. The third-order valence-corrected chi connectivity index (χ3v) is 3.38. The Bertz CT molecular complexity index is 634. The smallest absolute Gasteiger partial charge is 0.171 e.